The minimum atomic E-state index is -0.0902. The van der Waals surface area contributed by atoms with E-state index in [-0.39, 0.29) is 11.4 Å². The van der Waals surface area contributed by atoms with Crippen LogP contribution >= 0.6 is 23.2 Å². The molecule has 1 amide bonds. The SMILES string of the molecule is CC12CC3(C)CC(C)(C1)CC(NC(=O)c1ccc(Cl)cc1Cl)(C2)C3. The van der Waals surface area contributed by atoms with Gasteiger partial charge in [-0.3, -0.25) is 4.79 Å². The maximum atomic E-state index is 12.9. The Morgan fingerprint density at radius 3 is 1.88 bits per heavy atom. The van der Waals surface area contributed by atoms with Crippen molar-refractivity contribution in [2.24, 2.45) is 16.2 Å². The van der Waals surface area contributed by atoms with Crippen LogP contribution in [0.5, 0.6) is 0 Å². The van der Waals surface area contributed by atoms with Gasteiger partial charge in [-0.1, -0.05) is 44.0 Å². The lowest BCUT2D eigenvalue weighted by Crippen LogP contribution is -2.67. The number of benzene rings is 1. The van der Waals surface area contributed by atoms with Gasteiger partial charge in [-0.15, -0.1) is 0 Å². The molecule has 4 heteroatoms. The third-order valence-electron chi connectivity index (χ3n) is 6.41. The first-order chi connectivity index (χ1) is 11.0. The standard InChI is InChI=1S/C20H25Cl2NO/c1-17-7-18(2)9-19(3,8-17)12-20(10-17,11-18)23-16(24)14-5-4-13(21)6-15(14)22/h4-6H,7-12H2,1-3H3,(H,23,24). The van der Waals surface area contributed by atoms with Crippen molar-refractivity contribution >= 4 is 29.1 Å². The molecule has 0 spiro atoms. The second-order valence-electron chi connectivity index (χ2n) is 9.85. The summed E-state index contributed by atoms with van der Waals surface area (Å²) in [6.07, 6.45) is 7.12. The first-order valence-electron chi connectivity index (χ1n) is 8.81. The van der Waals surface area contributed by atoms with Crippen molar-refractivity contribution in [1.29, 1.82) is 0 Å². The number of hydrogen-bond acceptors (Lipinski definition) is 1. The number of carbonyl (C=O) groups excluding carboxylic acids is 1. The zero-order valence-corrected chi connectivity index (χ0v) is 16.2. The van der Waals surface area contributed by atoms with E-state index in [9.17, 15) is 4.79 Å². The number of amides is 1. The minimum Gasteiger partial charge on any atom is -0.346 e. The number of nitrogens with one attached hydrogen (secondary N) is 1. The smallest absolute Gasteiger partial charge is 0.253 e. The number of rotatable bonds is 2. The van der Waals surface area contributed by atoms with Gasteiger partial charge in [0.1, 0.15) is 0 Å². The Bertz CT molecular complexity index is 675. The molecule has 0 unspecified atom stereocenters. The largest absolute Gasteiger partial charge is 0.346 e. The van der Waals surface area contributed by atoms with Crippen LogP contribution in [0.4, 0.5) is 0 Å². The van der Waals surface area contributed by atoms with Crippen LogP contribution in [0.3, 0.4) is 0 Å². The van der Waals surface area contributed by atoms with Gasteiger partial charge in [0.25, 0.3) is 5.91 Å². The zero-order chi connectivity index (χ0) is 17.4. The van der Waals surface area contributed by atoms with Gasteiger partial charge in [0, 0.05) is 10.6 Å². The van der Waals surface area contributed by atoms with Gasteiger partial charge < -0.3 is 5.32 Å². The van der Waals surface area contributed by atoms with E-state index in [2.05, 4.69) is 26.1 Å². The Hall–Kier alpha value is -0.730. The maximum absolute atomic E-state index is 12.9. The fourth-order valence-corrected chi connectivity index (χ4v) is 7.90. The summed E-state index contributed by atoms with van der Waals surface area (Å²) >= 11 is 12.2. The second-order valence-corrected chi connectivity index (χ2v) is 10.7. The lowest BCUT2D eigenvalue weighted by Gasteiger charge is -2.69. The summed E-state index contributed by atoms with van der Waals surface area (Å²) in [5, 5.41) is 4.39. The molecule has 0 atom stereocenters. The highest BCUT2D eigenvalue weighted by molar-refractivity contribution is 6.36. The van der Waals surface area contributed by atoms with Gasteiger partial charge in [-0.25, -0.2) is 0 Å². The van der Waals surface area contributed by atoms with Gasteiger partial charge in [-0.05, 0) is 73.0 Å². The normalized spacial score (nSPS) is 43.0. The molecule has 0 saturated heterocycles. The highest BCUT2D eigenvalue weighted by atomic mass is 35.5. The minimum absolute atomic E-state index is 0.0607. The van der Waals surface area contributed by atoms with E-state index in [4.69, 9.17) is 23.2 Å². The molecule has 0 aliphatic heterocycles. The summed E-state index contributed by atoms with van der Waals surface area (Å²) in [7, 11) is 0. The average molecular weight is 366 g/mol. The van der Waals surface area contributed by atoms with E-state index >= 15 is 0 Å². The predicted molar refractivity (Wildman–Crippen MR) is 98.7 cm³/mol. The summed E-state index contributed by atoms with van der Waals surface area (Å²) in [6, 6.07) is 5.10. The quantitative estimate of drug-likeness (QED) is 0.698. The Morgan fingerprint density at radius 2 is 1.42 bits per heavy atom. The van der Waals surface area contributed by atoms with Gasteiger partial charge in [0.05, 0.1) is 10.6 Å². The molecule has 0 aromatic heterocycles. The highest BCUT2D eigenvalue weighted by Gasteiger charge is 2.64. The molecule has 4 aliphatic carbocycles. The highest BCUT2D eigenvalue weighted by Crippen LogP contribution is 2.70. The predicted octanol–water partition coefficient (Wildman–Crippen LogP) is 5.86. The van der Waals surface area contributed by atoms with Crippen molar-refractivity contribution in [1.82, 2.24) is 5.32 Å². The van der Waals surface area contributed by atoms with Crippen molar-refractivity contribution in [2.45, 2.75) is 64.8 Å². The van der Waals surface area contributed by atoms with Crippen molar-refractivity contribution in [3.8, 4) is 0 Å². The molecule has 130 valence electrons. The molecule has 4 fully saturated rings. The molecule has 0 radical (unpaired) electrons. The molecule has 1 aromatic rings. The molecule has 4 saturated carbocycles. The zero-order valence-electron chi connectivity index (χ0n) is 14.6. The summed E-state index contributed by atoms with van der Waals surface area (Å²) in [5.41, 5.74) is 1.46. The summed E-state index contributed by atoms with van der Waals surface area (Å²) < 4.78 is 0. The van der Waals surface area contributed by atoms with Crippen molar-refractivity contribution in [3.63, 3.8) is 0 Å². The number of halogens is 2. The van der Waals surface area contributed by atoms with E-state index in [1.165, 1.54) is 19.3 Å². The molecular formula is C20H25Cl2NO. The van der Waals surface area contributed by atoms with Crippen molar-refractivity contribution in [3.05, 3.63) is 33.8 Å². The Labute approximate surface area is 154 Å². The monoisotopic (exact) mass is 365 g/mol. The van der Waals surface area contributed by atoms with Gasteiger partial charge >= 0.3 is 0 Å². The van der Waals surface area contributed by atoms with Crippen LogP contribution in [-0.4, -0.2) is 11.4 Å². The molecule has 24 heavy (non-hydrogen) atoms. The van der Waals surface area contributed by atoms with Crippen LogP contribution in [-0.2, 0) is 0 Å². The topological polar surface area (TPSA) is 29.1 Å². The molecule has 4 bridgehead atoms. The lowest BCUT2D eigenvalue weighted by molar-refractivity contribution is -0.154. The first kappa shape index (κ1) is 16.7. The Kier molecular flexibility index (Phi) is 3.43. The van der Waals surface area contributed by atoms with Gasteiger partial charge in [0.15, 0.2) is 0 Å². The summed E-state index contributed by atoms with van der Waals surface area (Å²) in [5.74, 6) is -0.0607. The summed E-state index contributed by atoms with van der Waals surface area (Å²) in [4.78, 5) is 12.9. The summed E-state index contributed by atoms with van der Waals surface area (Å²) in [6.45, 7) is 7.24. The molecule has 2 nitrogen and oxygen atoms in total. The van der Waals surface area contributed by atoms with Crippen molar-refractivity contribution < 1.29 is 4.79 Å². The first-order valence-corrected chi connectivity index (χ1v) is 9.57. The third kappa shape index (κ3) is 2.66. The van der Waals surface area contributed by atoms with Crippen LogP contribution < -0.4 is 5.32 Å². The van der Waals surface area contributed by atoms with Crippen LogP contribution in [0, 0.1) is 16.2 Å². The molecule has 0 heterocycles. The Balaban J connectivity index is 1.65. The van der Waals surface area contributed by atoms with E-state index in [1.807, 2.05) is 0 Å². The van der Waals surface area contributed by atoms with Crippen LogP contribution in [0.2, 0.25) is 10.0 Å². The van der Waals surface area contributed by atoms with Gasteiger partial charge in [-0.2, -0.15) is 0 Å². The van der Waals surface area contributed by atoms with Crippen LogP contribution in [0.1, 0.15) is 69.7 Å². The Morgan fingerprint density at radius 1 is 0.917 bits per heavy atom. The lowest BCUT2D eigenvalue weighted by atomic mass is 9.38. The van der Waals surface area contributed by atoms with Gasteiger partial charge in [0.2, 0.25) is 0 Å². The molecule has 5 rings (SSSR count). The third-order valence-corrected chi connectivity index (χ3v) is 6.96. The van der Waals surface area contributed by atoms with E-state index in [1.54, 1.807) is 18.2 Å². The fraction of sp³-hybridized carbons (Fsp3) is 0.650. The number of carbonyl (C=O) groups is 1. The van der Waals surface area contributed by atoms with Crippen LogP contribution in [0.25, 0.3) is 0 Å². The van der Waals surface area contributed by atoms with E-state index < -0.39 is 0 Å². The van der Waals surface area contributed by atoms with E-state index in [0.717, 1.165) is 19.3 Å². The molecular weight excluding hydrogens is 341 g/mol. The fourth-order valence-electron chi connectivity index (χ4n) is 7.41. The molecule has 1 aromatic carbocycles. The maximum Gasteiger partial charge on any atom is 0.253 e. The second kappa shape index (κ2) is 4.92. The van der Waals surface area contributed by atoms with E-state index in [0.29, 0.717) is 31.9 Å². The molecule has 1 N–H and O–H groups in total. The van der Waals surface area contributed by atoms with Crippen molar-refractivity contribution in [2.75, 3.05) is 0 Å². The average Bonchev–Trinajstić information content (AvgIpc) is 2.31. The number of hydrogen-bond donors (Lipinski definition) is 1. The molecule has 4 aliphatic rings. The van der Waals surface area contributed by atoms with Crippen LogP contribution in [0.15, 0.2) is 18.2 Å².